The van der Waals surface area contributed by atoms with Crippen LogP contribution in [0.1, 0.15) is 23.2 Å². The number of hydrogen-bond donors (Lipinski definition) is 2. The van der Waals surface area contributed by atoms with E-state index >= 15 is 0 Å². The Balaban J connectivity index is 2.04. The maximum atomic E-state index is 13.5. The van der Waals surface area contributed by atoms with E-state index in [1.54, 1.807) is 0 Å². The van der Waals surface area contributed by atoms with Crippen LogP contribution in [0.15, 0.2) is 12.3 Å². The van der Waals surface area contributed by atoms with Crippen LogP contribution in [-0.4, -0.2) is 36.9 Å². The Kier molecular flexibility index (Phi) is 3.70. The van der Waals surface area contributed by atoms with Crippen molar-refractivity contribution in [3.8, 4) is 0 Å². The SMILES string of the molecule is Nc1nccc(C(=O)NCC2CCCS2(=O)=O)c1F. The molecule has 0 saturated carbocycles. The van der Waals surface area contributed by atoms with Gasteiger partial charge in [0.2, 0.25) is 0 Å². The van der Waals surface area contributed by atoms with E-state index in [0.29, 0.717) is 12.8 Å². The second-order valence-electron chi connectivity index (χ2n) is 4.40. The Morgan fingerprint density at radius 1 is 1.58 bits per heavy atom. The molecule has 6 nitrogen and oxygen atoms in total. The van der Waals surface area contributed by atoms with Crippen molar-refractivity contribution < 1.29 is 17.6 Å². The number of anilines is 1. The average molecular weight is 287 g/mol. The smallest absolute Gasteiger partial charge is 0.254 e. The molecule has 1 aliphatic heterocycles. The first-order chi connectivity index (χ1) is 8.92. The molecule has 2 rings (SSSR count). The predicted octanol–water partition coefficient (Wildman–Crippen LogP) is 0.110. The van der Waals surface area contributed by atoms with Gasteiger partial charge in [0.15, 0.2) is 21.5 Å². The van der Waals surface area contributed by atoms with Crippen LogP contribution in [0.2, 0.25) is 0 Å². The number of hydrogen-bond acceptors (Lipinski definition) is 5. The molecule has 1 amide bonds. The third kappa shape index (κ3) is 2.83. The Morgan fingerprint density at radius 3 is 2.95 bits per heavy atom. The molecule has 1 aromatic rings. The van der Waals surface area contributed by atoms with Crippen molar-refractivity contribution in [3.05, 3.63) is 23.6 Å². The molecule has 8 heteroatoms. The predicted molar refractivity (Wildman–Crippen MR) is 67.7 cm³/mol. The van der Waals surface area contributed by atoms with E-state index in [4.69, 9.17) is 5.73 Å². The molecule has 1 saturated heterocycles. The van der Waals surface area contributed by atoms with Gasteiger partial charge in [-0.25, -0.2) is 17.8 Å². The zero-order valence-corrected chi connectivity index (χ0v) is 10.9. The molecule has 1 unspecified atom stereocenters. The fraction of sp³-hybridized carbons (Fsp3) is 0.455. The lowest BCUT2D eigenvalue weighted by molar-refractivity contribution is 0.0949. The van der Waals surface area contributed by atoms with Crippen LogP contribution >= 0.6 is 0 Å². The van der Waals surface area contributed by atoms with Gasteiger partial charge in [-0.15, -0.1) is 0 Å². The number of rotatable bonds is 3. The number of nitrogens with two attached hydrogens (primary N) is 1. The van der Waals surface area contributed by atoms with E-state index in [2.05, 4.69) is 10.3 Å². The summed E-state index contributed by atoms with van der Waals surface area (Å²) in [5.74, 6) is -1.80. The molecule has 2 heterocycles. The lowest BCUT2D eigenvalue weighted by Gasteiger charge is -2.11. The van der Waals surface area contributed by atoms with Gasteiger partial charge in [0.1, 0.15) is 0 Å². The summed E-state index contributed by atoms with van der Waals surface area (Å²) in [7, 11) is -3.13. The molecule has 0 radical (unpaired) electrons. The number of amides is 1. The monoisotopic (exact) mass is 287 g/mol. The van der Waals surface area contributed by atoms with Gasteiger partial charge in [0.25, 0.3) is 5.91 Å². The molecule has 1 atom stereocenters. The molecule has 1 aromatic heterocycles. The number of carbonyl (C=O) groups excluding carboxylic acids is 1. The third-order valence-corrected chi connectivity index (χ3v) is 5.39. The van der Waals surface area contributed by atoms with Crippen molar-refractivity contribution in [2.75, 3.05) is 18.0 Å². The van der Waals surface area contributed by atoms with E-state index in [1.165, 1.54) is 12.3 Å². The second kappa shape index (κ2) is 5.12. The minimum atomic E-state index is -3.13. The Labute approximate surface area is 110 Å². The van der Waals surface area contributed by atoms with Crippen molar-refractivity contribution in [2.45, 2.75) is 18.1 Å². The lowest BCUT2D eigenvalue weighted by Crippen LogP contribution is -2.35. The van der Waals surface area contributed by atoms with E-state index in [-0.39, 0.29) is 23.7 Å². The Hall–Kier alpha value is -1.70. The standard InChI is InChI=1S/C11H14FN3O3S/c12-9-8(3-4-14-10(9)13)11(16)15-6-7-2-1-5-19(7,17)18/h3-4,7H,1-2,5-6H2,(H2,13,14)(H,15,16). The van der Waals surface area contributed by atoms with Gasteiger partial charge >= 0.3 is 0 Å². The Morgan fingerprint density at radius 2 is 2.32 bits per heavy atom. The molecule has 0 spiro atoms. The number of nitrogens with zero attached hydrogens (tertiary/aromatic N) is 1. The summed E-state index contributed by atoms with van der Waals surface area (Å²) in [4.78, 5) is 15.3. The second-order valence-corrected chi connectivity index (χ2v) is 6.80. The number of sulfone groups is 1. The quantitative estimate of drug-likeness (QED) is 0.821. The number of aromatic nitrogens is 1. The van der Waals surface area contributed by atoms with Gasteiger partial charge < -0.3 is 11.1 Å². The van der Waals surface area contributed by atoms with Crippen molar-refractivity contribution in [3.63, 3.8) is 0 Å². The molecule has 0 aliphatic carbocycles. The normalized spacial score (nSPS) is 21.2. The zero-order valence-electron chi connectivity index (χ0n) is 10.1. The lowest BCUT2D eigenvalue weighted by atomic mass is 10.2. The minimum absolute atomic E-state index is 0.0111. The van der Waals surface area contributed by atoms with E-state index in [1.807, 2.05) is 0 Å². The molecule has 1 aliphatic rings. The minimum Gasteiger partial charge on any atom is -0.381 e. The summed E-state index contributed by atoms with van der Waals surface area (Å²) in [6, 6.07) is 1.20. The number of halogens is 1. The highest BCUT2D eigenvalue weighted by atomic mass is 32.2. The highest BCUT2D eigenvalue weighted by Gasteiger charge is 2.31. The highest BCUT2D eigenvalue weighted by molar-refractivity contribution is 7.92. The first-order valence-corrected chi connectivity index (χ1v) is 7.53. The van der Waals surface area contributed by atoms with Crippen molar-refractivity contribution in [1.82, 2.24) is 10.3 Å². The fourth-order valence-corrected chi connectivity index (χ4v) is 3.79. The molecule has 3 N–H and O–H groups in total. The summed E-state index contributed by atoms with van der Waals surface area (Å²) in [6.45, 7) is -0.0111. The third-order valence-electron chi connectivity index (χ3n) is 3.11. The van der Waals surface area contributed by atoms with Crippen molar-refractivity contribution in [1.29, 1.82) is 0 Å². The summed E-state index contributed by atoms with van der Waals surface area (Å²) >= 11 is 0. The molecule has 19 heavy (non-hydrogen) atoms. The molecule has 1 fully saturated rings. The van der Waals surface area contributed by atoms with E-state index < -0.39 is 26.8 Å². The van der Waals surface area contributed by atoms with E-state index in [0.717, 1.165) is 0 Å². The van der Waals surface area contributed by atoms with Gasteiger partial charge in [-0.05, 0) is 18.9 Å². The topological polar surface area (TPSA) is 102 Å². The fourth-order valence-electron chi connectivity index (χ4n) is 2.02. The maximum Gasteiger partial charge on any atom is 0.254 e. The van der Waals surface area contributed by atoms with Crippen molar-refractivity contribution in [2.24, 2.45) is 0 Å². The van der Waals surface area contributed by atoms with Gasteiger partial charge in [-0.3, -0.25) is 4.79 Å². The van der Waals surface area contributed by atoms with Crippen LogP contribution in [0.5, 0.6) is 0 Å². The van der Waals surface area contributed by atoms with Gasteiger partial charge in [0, 0.05) is 12.7 Å². The zero-order chi connectivity index (χ0) is 14.0. The number of carbonyl (C=O) groups is 1. The first kappa shape index (κ1) is 13.7. The van der Waals surface area contributed by atoms with Crippen LogP contribution < -0.4 is 11.1 Å². The van der Waals surface area contributed by atoms with Crippen molar-refractivity contribution >= 4 is 21.6 Å². The molecular formula is C11H14FN3O3S. The van der Waals surface area contributed by atoms with Crippen LogP contribution in [0.3, 0.4) is 0 Å². The van der Waals surface area contributed by atoms with E-state index in [9.17, 15) is 17.6 Å². The van der Waals surface area contributed by atoms with Gasteiger partial charge in [-0.2, -0.15) is 0 Å². The Bertz CT molecular complexity index is 603. The maximum absolute atomic E-state index is 13.5. The summed E-state index contributed by atoms with van der Waals surface area (Å²) in [5, 5.41) is 1.84. The summed E-state index contributed by atoms with van der Waals surface area (Å²) in [6.07, 6.45) is 2.34. The number of pyridine rings is 1. The summed E-state index contributed by atoms with van der Waals surface area (Å²) < 4.78 is 36.7. The molecule has 104 valence electrons. The molecule has 0 aromatic carbocycles. The number of nitrogen functional groups attached to an aromatic ring is 1. The van der Waals surface area contributed by atoms with Crippen LogP contribution in [0, 0.1) is 5.82 Å². The summed E-state index contributed by atoms with van der Waals surface area (Å²) in [5.41, 5.74) is 5.02. The molecule has 0 bridgehead atoms. The van der Waals surface area contributed by atoms with Crippen LogP contribution in [0.25, 0.3) is 0 Å². The van der Waals surface area contributed by atoms with Crippen LogP contribution in [-0.2, 0) is 9.84 Å². The highest BCUT2D eigenvalue weighted by Crippen LogP contribution is 2.19. The van der Waals surface area contributed by atoms with Crippen LogP contribution in [0.4, 0.5) is 10.2 Å². The average Bonchev–Trinajstić information content (AvgIpc) is 2.69. The largest absolute Gasteiger partial charge is 0.381 e. The van der Waals surface area contributed by atoms with Gasteiger partial charge in [0.05, 0.1) is 16.6 Å². The van der Waals surface area contributed by atoms with Gasteiger partial charge in [-0.1, -0.05) is 0 Å². The number of nitrogens with one attached hydrogen (secondary N) is 1. The first-order valence-electron chi connectivity index (χ1n) is 5.81. The molecular weight excluding hydrogens is 273 g/mol.